The number of halogens is 3. The topological polar surface area (TPSA) is 89.5 Å². The lowest BCUT2D eigenvalue weighted by Gasteiger charge is -2.72. The Morgan fingerprint density at radius 3 is 2.14 bits per heavy atom. The van der Waals surface area contributed by atoms with E-state index in [0.717, 1.165) is 90.0 Å². The predicted octanol–water partition coefficient (Wildman–Crippen LogP) is 9.34. The maximum absolute atomic E-state index is 13.4. The second-order valence-corrected chi connectivity index (χ2v) is 22.9. The second kappa shape index (κ2) is 12.5. The van der Waals surface area contributed by atoms with Gasteiger partial charge in [0.25, 0.3) is 0 Å². The van der Waals surface area contributed by atoms with Crippen molar-refractivity contribution in [1.82, 2.24) is 5.32 Å². The Morgan fingerprint density at radius 1 is 0.880 bits per heavy atom. The molecule has 0 aliphatic heterocycles. The molecule has 6 nitrogen and oxygen atoms in total. The van der Waals surface area contributed by atoms with Gasteiger partial charge in [0.05, 0.1) is 5.25 Å². The summed E-state index contributed by atoms with van der Waals surface area (Å²) in [5, 5.41) is 4.01. The zero-order valence-corrected chi connectivity index (χ0v) is 33.1. The molecule has 0 aromatic heterocycles. The largest absolute Gasteiger partial charge is 0.534 e. The first-order chi connectivity index (χ1) is 22.9. The van der Waals surface area contributed by atoms with Crippen molar-refractivity contribution >= 4 is 20.0 Å². The smallest absolute Gasteiger partial charge is 0.380 e. The van der Waals surface area contributed by atoms with E-state index in [1.54, 1.807) is 6.08 Å². The van der Waals surface area contributed by atoms with Gasteiger partial charge >= 0.3 is 15.6 Å². The van der Waals surface area contributed by atoms with Crippen molar-refractivity contribution in [3.8, 4) is 0 Å². The molecule has 50 heavy (non-hydrogen) atoms. The third-order valence-corrected chi connectivity index (χ3v) is 19.1. The highest BCUT2D eigenvalue weighted by atomic mass is 32.2. The molecule has 0 aromatic carbocycles. The van der Waals surface area contributed by atoms with Crippen LogP contribution in [0.3, 0.4) is 0 Å². The maximum Gasteiger partial charge on any atom is 0.534 e. The van der Waals surface area contributed by atoms with E-state index in [2.05, 4.69) is 39.6 Å². The van der Waals surface area contributed by atoms with Crippen molar-refractivity contribution < 1.29 is 34.2 Å². The van der Waals surface area contributed by atoms with Gasteiger partial charge in [-0.05, 0) is 161 Å². The summed E-state index contributed by atoms with van der Waals surface area (Å²) >= 11 is 0. The minimum atomic E-state index is -5.74. The Hall–Kier alpha value is -1.07. The van der Waals surface area contributed by atoms with Gasteiger partial charge in [0.15, 0.2) is 0 Å². The van der Waals surface area contributed by atoms with E-state index in [9.17, 15) is 30.0 Å². The van der Waals surface area contributed by atoms with Crippen LogP contribution in [-0.4, -0.2) is 45.9 Å². The lowest BCUT2D eigenvalue weighted by Crippen LogP contribution is -2.68. The van der Waals surface area contributed by atoms with Crippen molar-refractivity contribution in [2.45, 2.75) is 148 Å². The van der Waals surface area contributed by atoms with Crippen LogP contribution in [0.1, 0.15) is 131 Å². The van der Waals surface area contributed by atoms with Gasteiger partial charge in [-0.25, -0.2) is 8.42 Å². The fourth-order valence-corrected chi connectivity index (χ4v) is 15.5. The van der Waals surface area contributed by atoms with Crippen molar-refractivity contribution in [2.75, 3.05) is 12.8 Å². The molecule has 0 unspecified atom stereocenters. The van der Waals surface area contributed by atoms with Gasteiger partial charge in [0.2, 0.25) is 0 Å². The molecule has 5 saturated carbocycles. The summed E-state index contributed by atoms with van der Waals surface area (Å²) in [6.45, 7) is 18.8. The molecule has 286 valence electrons. The van der Waals surface area contributed by atoms with E-state index in [-0.39, 0.29) is 38.7 Å². The normalized spacial score (nSPS) is 44.6. The molecular formula is C39H62F3NO5S2. The summed E-state index contributed by atoms with van der Waals surface area (Å²) in [5.41, 5.74) is -5.02. The number of hydrogen-bond acceptors (Lipinski definition) is 6. The number of rotatable bonds is 8. The summed E-state index contributed by atoms with van der Waals surface area (Å²) in [5.74, 6) is 2.37. The standard InChI is InChI=1S/C39H62F3NO5S2/c1-25(2)28-15-21-38(43-24-18-26-9-11-27(12-10-26)49(8,44)45)23-22-36(6)29(33(28)38)13-14-31-35(5)19-17-32(48-50(46,47)39(40,41)42)34(3,4)30(35)16-20-37(31,36)7/h17,26-31,33,43H,1,9-16,18-24H2,2-8H3/t26?,27?,28-,29+,30-,31+,33+,35-,36+,37+,38-/m0/s1. The number of alkyl halides is 3. The molecule has 0 bridgehead atoms. The second-order valence-electron chi connectivity index (χ2n) is 19.0. The summed E-state index contributed by atoms with van der Waals surface area (Å²) in [4.78, 5) is 0. The Kier molecular flexibility index (Phi) is 9.66. The van der Waals surface area contributed by atoms with E-state index in [1.165, 1.54) is 11.8 Å². The lowest BCUT2D eigenvalue weighted by molar-refractivity contribution is -0.223. The van der Waals surface area contributed by atoms with Crippen LogP contribution in [-0.2, 0) is 24.1 Å². The minimum absolute atomic E-state index is 0.00292. The van der Waals surface area contributed by atoms with Crippen LogP contribution in [0.15, 0.2) is 24.0 Å². The number of allylic oxidation sites excluding steroid dienone is 3. The van der Waals surface area contributed by atoms with Crippen molar-refractivity contribution in [3.63, 3.8) is 0 Å². The molecule has 11 heteroatoms. The monoisotopic (exact) mass is 745 g/mol. The van der Waals surface area contributed by atoms with Crippen molar-refractivity contribution in [1.29, 1.82) is 0 Å². The Labute approximate surface area is 300 Å². The number of nitrogens with one attached hydrogen (secondary N) is 1. The first-order valence-corrected chi connectivity index (χ1v) is 22.6. The van der Waals surface area contributed by atoms with Crippen molar-refractivity contribution in [2.24, 2.45) is 57.2 Å². The molecule has 6 aliphatic carbocycles. The van der Waals surface area contributed by atoms with Gasteiger partial charge in [-0.15, -0.1) is 0 Å². The van der Waals surface area contributed by atoms with Crippen LogP contribution in [0.2, 0.25) is 0 Å². The van der Waals surface area contributed by atoms with Crippen LogP contribution in [0, 0.1) is 57.2 Å². The average Bonchev–Trinajstić information content (AvgIpc) is 3.38. The lowest BCUT2D eigenvalue weighted by atomic mass is 9.33. The molecule has 0 radical (unpaired) electrons. The van der Waals surface area contributed by atoms with E-state index >= 15 is 0 Å². The highest BCUT2D eigenvalue weighted by Gasteiger charge is 2.70. The zero-order chi connectivity index (χ0) is 36.9. The van der Waals surface area contributed by atoms with Crippen LogP contribution in [0.5, 0.6) is 0 Å². The molecule has 6 aliphatic rings. The quantitative estimate of drug-likeness (QED) is 0.151. The molecule has 6 rings (SSSR count). The molecule has 0 saturated heterocycles. The Balaban J connectivity index is 1.23. The number of fused-ring (bicyclic) bond motifs is 7. The predicted molar refractivity (Wildman–Crippen MR) is 192 cm³/mol. The third kappa shape index (κ3) is 5.96. The van der Waals surface area contributed by atoms with Crippen LogP contribution < -0.4 is 5.32 Å². The van der Waals surface area contributed by atoms with Gasteiger partial charge in [-0.2, -0.15) is 21.6 Å². The van der Waals surface area contributed by atoms with Crippen LogP contribution in [0.25, 0.3) is 0 Å². The highest BCUT2D eigenvalue weighted by Crippen LogP contribution is 2.76. The third-order valence-electron chi connectivity index (χ3n) is 16.5. The number of sulfone groups is 1. The van der Waals surface area contributed by atoms with Gasteiger partial charge in [-0.1, -0.05) is 46.8 Å². The maximum atomic E-state index is 13.4. The Morgan fingerprint density at radius 2 is 1.54 bits per heavy atom. The van der Waals surface area contributed by atoms with E-state index in [4.69, 9.17) is 4.18 Å². The first kappa shape index (κ1) is 38.6. The van der Waals surface area contributed by atoms with Gasteiger partial charge < -0.3 is 9.50 Å². The molecule has 0 amide bonds. The van der Waals surface area contributed by atoms with E-state index < -0.39 is 30.9 Å². The fourth-order valence-electron chi connectivity index (χ4n) is 13.7. The average molecular weight is 746 g/mol. The SMILES string of the molecule is C=C(C)[C@@H]1CC[C@]2(NCCC3CCC(S(C)(=O)=O)CC3)CC[C@]3(C)[C@H](CC[C@@H]4[C@@]5(C)CC=C(OS(=O)(=O)C(F)(F)F)C(C)(C)[C@@H]5CC[C@]43C)[C@@H]12. The molecule has 9 atom stereocenters. The van der Waals surface area contributed by atoms with Crippen molar-refractivity contribution in [3.05, 3.63) is 24.0 Å². The van der Waals surface area contributed by atoms with E-state index in [0.29, 0.717) is 36.0 Å². The Bertz CT molecular complexity index is 1600. The molecule has 0 aromatic rings. The summed E-state index contributed by atoms with van der Waals surface area (Å²) in [6.07, 6.45) is 16.7. The minimum Gasteiger partial charge on any atom is -0.380 e. The summed E-state index contributed by atoms with van der Waals surface area (Å²) in [6, 6.07) is 0. The van der Waals surface area contributed by atoms with Crippen LogP contribution in [0.4, 0.5) is 13.2 Å². The molecule has 5 fully saturated rings. The molecule has 1 N–H and O–H groups in total. The first-order valence-electron chi connectivity index (χ1n) is 19.2. The molecule has 0 heterocycles. The van der Waals surface area contributed by atoms with Gasteiger partial charge in [0.1, 0.15) is 15.6 Å². The molecular weight excluding hydrogens is 684 g/mol. The summed E-state index contributed by atoms with van der Waals surface area (Å²) in [7, 11) is -8.70. The fraction of sp³-hybridized carbons (Fsp3) is 0.897. The summed E-state index contributed by atoms with van der Waals surface area (Å²) < 4.78 is 93.3. The highest BCUT2D eigenvalue weighted by molar-refractivity contribution is 7.91. The molecule has 0 spiro atoms. The zero-order valence-electron chi connectivity index (χ0n) is 31.4. The van der Waals surface area contributed by atoms with Gasteiger partial charge in [-0.3, -0.25) is 0 Å². The van der Waals surface area contributed by atoms with Gasteiger partial charge in [0, 0.05) is 17.2 Å². The van der Waals surface area contributed by atoms with E-state index in [1.807, 2.05) is 13.8 Å². The van der Waals surface area contributed by atoms with Crippen LogP contribution >= 0.6 is 0 Å². The number of hydrogen-bond donors (Lipinski definition) is 1.